The van der Waals surface area contributed by atoms with Crippen LogP contribution in [0.4, 0.5) is 0 Å². The maximum Gasteiger partial charge on any atom is 0.166 e. The number of para-hydroxylation sites is 1. The summed E-state index contributed by atoms with van der Waals surface area (Å²) < 4.78 is 0. The van der Waals surface area contributed by atoms with Crippen LogP contribution >= 0.6 is 0 Å². The van der Waals surface area contributed by atoms with Gasteiger partial charge in [-0.15, -0.1) is 0 Å². The second kappa shape index (κ2) is 12.7. The van der Waals surface area contributed by atoms with Gasteiger partial charge in [0.1, 0.15) is 0 Å². The maximum atomic E-state index is 5.44. The van der Waals surface area contributed by atoms with Crippen LogP contribution in [0.25, 0.3) is 89.4 Å². The molecule has 2 heterocycles. The van der Waals surface area contributed by atoms with E-state index >= 15 is 0 Å². The van der Waals surface area contributed by atoms with Gasteiger partial charge in [-0.25, -0.2) is 19.9 Å². The van der Waals surface area contributed by atoms with E-state index in [1.807, 2.05) is 42.5 Å². The first kappa shape index (κ1) is 29.4. The third-order valence-corrected chi connectivity index (χ3v) is 9.12. The van der Waals surface area contributed by atoms with Gasteiger partial charge < -0.3 is 0 Å². The number of hydrogen-bond acceptors (Lipinski definition) is 4. The number of hydrogen-bond donors (Lipinski definition) is 0. The molecular formula is C46H30N4. The summed E-state index contributed by atoms with van der Waals surface area (Å²) in [5.74, 6) is 1.80. The Morgan fingerprint density at radius 3 is 1.44 bits per heavy atom. The lowest BCUT2D eigenvalue weighted by atomic mass is 9.92. The minimum Gasteiger partial charge on any atom is -0.246 e. The molecule has 0 unspecified atom stereocenters. The molecule has 9 aromatic rings. The summed E-state index contributed by atoms with van der Waals surface area (Å²) in [5.41, 5.74) is 10.1. The first-order valence-electron chi connectivity index (χ1n) is 16.7. The summed E-state index contributed by atoms with van der Waals surface area (Å²) in [5, 5.41) is 3.30. The molecule has 0 saturated heterocycles. The molecular weight excluding hydrogens is 609 g/mol. The quantitative estimate of drug-likeness (QED) is 0.170. The Balaban J connectivity index is 1.33. The average molecular weight is 639 g/mol. The van der Waals surface area contributed by atoms with Crippen molar-refractivity contribution in [3.63, 3.8) is 0 Å². The van der Waals surface area contributed by atoms with Gasteiger partial charge in [-0.05, 0) is 34.4 Å². The molecule has 0 saturated carbocycles. The molecule has 0 radical (unpaired) electrons. The predicted octanol–water partition coefficient (Wildman–Crippen LogP) is 11.6. The highest BCUT2D eigenvalue weighted by Crippen LogP contribution is 2.41. The molecule has 0 spiro atoms. The van der Waals surface area contributed by atoms with Crippen LogP contribution in [0.5, 0.6) is 0 Å². The van der Waals surface area contributed by atoms with Gasteiger partial charge in [0.05, 0.1) is 11.2 Å². The van der Waals surface area contributed by atoms with Crippen LogP contribution < -0.4 is 0 Å². The van der Waals surface area contributed by atoms with Crippen molar-refractivity contribution >= 4 is 21.7 Å². The van der Waals surface area contributed by atoms with Gasteiger partial charge in [-0.3, -0.25) is 0 Å². The minimum atomic E-state index is 0.577. The van der Waals surface area contributed by atoms with Crippen molar-refractivity contribution in [3.05, 3.63) is 182 Å². The highest BCUT2D eigenvalue weighted by molar-refractivity contribution is 6.19. The van der Waals surface area contributed by atoms with Gasteiger partial charge in [0.25, 0.3) is 0 Å². The molecule has 0 aliphatic rings. The Morgan fingerprint density at radius 1 is 0.280 bits per heavy atom. The SMILES string of the molecule is c1ccc(-c2cccc(-c3nc(-c4ccccc4)nc(-c4cccc5c4nc(-c4ccccc4)c4cccc(-c6ccccc6)c45)n3)c2)cc1. The molecule has 7 aromatic carbocycles. The van der Waals surface area contributed by atoms with Crippen molar-refractivity contribution in [1.29, 1.82) is 0 Å². The van der Waals surface area contributed by atoms with Gasteiger partial charge in [-0.1, -0.05) is 170 Å². The summed E-state index contributed by atoms with van der Waals surface area (Å²) in [4.78, 5) is 20.8. The normalized spacial score (nSPS) is 11.2. The van der Waals surface area contributed by atoms with Crippen LogP contribution in [0.15, 0.2) is 182 Å². The lowest BCUT2D eigenvalue weighted by Gasteiger charge is -2.16. The summed E-state index contributed by atoms with van der Waals surface area (Å²) in [6.45, 7) is 0. The number of aromatic nitrogens is 4. The molecule has 234 valence electrons. The zero-order valence-electron chi connectivity index (χ0n) is 27.1. The Morgan fingerprint density at radius 2 is 0.760 bits per heavy atom. The molecule has 0 aliphatic carbocycles. The first-order chi connectivity index (χ1) is 24.8. The van der Waals surface area contributed by atoms with E-state index in [-0.39, 0.29) is 0 Å². The van der Waals surface area contributed by atoms with Crippen LogP contribution in [-0.2, 0) is 0 Å². The fourth-order valence-corrected chi connectivity index (χ4v) is 6.74. The molecule has 0 atom stereocenters. The van der Waals surface area contributed by atoms with Crippen LogP contribution in [-0.4, -0.2) is 19.9 Å². The van der Waals surface area contributed by atoms with Crippen molar-refractivity contribution in [1.82, 2.24) is 19.9 Å². The Bertz CT molecular complexity index is 2620. The smallest absolute Gasteiger partial charge is 0.166 e. The van der Waals surface area contributed by atoms with E-state index in [1.54, 1.807) is 0 Å². The second-order valence-electron chi connectivity index (χ2n) is 12.2. The third kappa shape index (κ3) is 5.39. The van der Waals surface area contributed by atoms with Crippen molar-refractivity contribution in [2.24, 2.45) is 0 Å². The topological polar surface area (TPSA) is 51.6 Å². The van der Waals surface area contributed by atoms with Crippen LogP contribution in [0, 0.1) is 0 Å². The highest BCUT2D eigenvalue weighted by atomic mass is 15.0. The van der Waals surface area contributed by atoms with E-state index in [9.17, 15) is 0 Å². The number of benzene rings is 7. The fourth-order valence-electron chi connectivity index (χ4n) is 6.74. The number of fused-ring (bicyclic) bond motifs is 3. The number of nitrogens with zero attached hydrogens (tertiary/aromatic N) is 4. The van der Waals surface area contributed by atoms with Crippen molar-refractivity contribution in [2.45, 2.75) is 0 Å². The first-order valence-corrected chi connectivity index (χ1v) is 16.7. The molecule has 50 heavy (non-hydrogen) atoms. The maximum absolute atomic E-state index is 5.44. The van der Waals surface area contributed by atoms with E-state index in [2.05, 4.69) is 140 Å². The molecule has 9 rings (SSSR count). The van der Waals surface area contributed by atoms with Crippen LogP contribution in [0.3, 0.4) is 0 Å². The zero-order valence-corrected chi connectivity index (χ0v) is 27.1. The lowest BCUT2D eigenvalue weighted by Crippen LogP contribution is -2.01. The van der Waals surface area contributed by atoms with E-state index in [4.69, 9.17) is 19.9 Å². The molecule has 4 nitrogen and oxygen atoms in total. The van der Waals surface area contributed by atoms with Gasteiger partial charge in [-0.2, -0.15) is 0 Å². The predicted molar refractivity (Wildman–Crippen MR) is 205 cm³/mol. The molecule has 0 bridgehead atoms. The highest BCUT2D eigenvalue weighted by Gasteiger charge is 2.20. The summed E-state index contributed by atoms with van der Waals surface area (Å²) in [7, 11) is 0. The second-order valence-corrected chi connectivity index (χ2v) is 12.2. The number of rotatable bonds is 6. The summed E-state index contributed by atoms with van der Waals surface area (Å²) >= 11 is 0. The van der Waals surface area contributed by atoms with E-state index in [0.717, 1.165) is 71.9 Å². The summed E-state index contributed by atoms with van der Waals surface area (Å²) in [6, 6.07) is 62.7. The average Bonchev–Trinajstić information content (AvgIpc) is 3.21. The lowest BCUT2D eigenvalue weighted by molar-refractivity contribution is 1.07. The molecule has 2 aromatic heterocycles. The minimum absolute atomic E-state index is 0.577. The standard InChI is InChI=1S/C46H30N4/c1-5-16-31(17-6-1)35-24-13-25-36(30-35)45-48-44(34-22-11-4-12-23-34)49-46(50-45)40-29-15-28-39-41-37(32-18-7-2-8-19-32)26-14-27-38(41)42(47-43(39)40)33-20-9-3-10-21-33/h1-30H. The number of pyridine rings is 1. The van der Waals surface area contributed by atoms with Crippen molar-refractivity contribution in [2.75, 3.05) is 0 Å². The largest absolute Gasteiger partial charge is 0.246 e. The zero-order chi connectivity index (χ0) is 33.3. The van der Waals surface area contributed by atoms with Gasteiger partial charge in [0.2, 0.25) is 0 Å². The fraction of sp³-hybridized carbons (Fsp3) is 0. The van der Waals surface area contributed by atoms with E-state index < -0.39 is 0 Å². The van der Waals surface area contributed by atoms with E-state index in [0.29, 0.717) is 17.5 Å². The Kier molecular flexibility index (Phi) is 7.45. The van der Waals surface area contributed by atoms with Crippen LogP contribution in [0.1, 0.15) is 0 Å². The molecule has 0 N–H and O–H groups in total. The van der Waals surface area contributed by atoms with Crippen molar-refractivity contribution < 1.29 is 0 Å². The van der Waals surface area contributed by atoms with Gasteiger partial charge in [0.15, 0.2) is 17.5 Å². The Labute approximate surface area is 290 Å². The van der Waals surface area contributed by atoms with Crippen molar-refractivity contribution in [3.8, 4) is 67.7 Å². The monoisotopic (exact) mass is 638 g/mol. The van der Waals surface area contributed by atoms with Gasteiger partial charge in [0, 0.05) is 38.4 Å². The molecule has 0 fully saturated rings. The third-order valence-electron chi connectivity index (χ3n) is 9.12. The molecule has 4 heteroatoms. The Hall–Kier alpha value is -6.78. The van der Waals surface area contributed by atoms with Gasteiger partial charge >= 0.3 is 0 Å². The molecule has 0 aliphatic heterocycles. The summed E-state index contributed by atoms with van der Waals surface area (Å²) in [6.07, 6.45) is 0. The molecule has 0 amide bonds. The van der Waals surface area contributed by atoms with E-state index in [1.165, 1.54) is 0 Å². The van der Waals surface area contributed by atoms with Crippen LogP contribution in [0.2, 0.25) is 0 Å².